The molecule has 2 fully saturated rings. The Morgan fingerprint density at radius 1 is 1.11 bits per heavy atom. The topological polar surface area (TPSA) is 51.0 Å². The van der Waals surface area contributed by atoms with Crippen LogP contribution in [0.15, 0.2) is 12.4 Å². The standard InChI is InChI=1S/C13H20N4O/c1-9(2)13(18)16-10-3-4-11(16)8-12(7-10)17-14-5-6-15-17/h5-6,9-12H,3-4,7-8H2,1-2H3. The molecule has 3 rings (SSSR count). The SMILES string of the molecule is CC(C)C(=O)N1C2CCC1CC(n1nccn1)C2. The molecule has 0 aromatic carbocycles. The van der Waals surface area contributed by atoms with E-state index in [2.05, 4.69) is 15.1 Å². The van der Waals surface area contributed by atoms with Gasteiger partial charge in [-0.25, -0.2) is 0 Å². The molecule has 5 heteroatoms. The minimum atomic E-state index is 0.104. The van der Waals surface area contributed by atoms with E-state index < -0.39 is 0 Å². The number of rotatable bonds is 2. The van der Waals surface area contributed by atoms with E-state index in [9.17, 15) is 4.79 Å². The lowest BCUT2D eigenvalue weighted by Gasteiger charge is -2.39. The van der Waals surface area contributed by atoms with Gasteiger partial charge in [-0.1, -0.05) is 13.8 Å². The third kappa shape index (κ3) is 1.82. The van der Waals surface area contributed by atoms with E-state index in [0.29, 0.717) is 24.0 Å². The van der Waals surface area contributed by atoms with Crippen LogP contribution in [-0.4, -0.2) is 37.9 Å². The van der Waals surface area contributed by atoms with Gasteiger partial charge in [0.25, 0.3) is 0 Å². The van der Waals surface area contributed by atoms with Crippen LogP contribution in [0.5, 0.6) is 0 Å². The van der Waals surface area contributed by atoms with Gasteiger partial charge in [0, 0.05) is 18.0 Å². The Hall–Kier alpha value is -1.39. The zero-order chi connectivity index (χ0) is 12.7. The number of piperidine rings is 1. The van der Waals surface area contributed by atoms with Crippen LogP contribution in [-0.2, 0) is 4.79 Å². The van der Waals surface area contributed by atoms with Crippen molar-refractivity contribution < 1.29 is 4.79 Å². The van der Waals surface area contributed by atoms with Gasteiger partial charge in [-0.3, -0.25) is 4.79 Å². The second-order valence-electron chi connectivity index (χ2n) is 5.76. The molecule has 2 atom stereocenters. The maximum absolute atomic E-state index is 12.2. The molecule has 2 aliphatic rings. The summed E-state index contributed by atoms with van der Waals surface area (Å²) < 4.78 is 0. The fourth-order valence-corrected chi connectivity index (χ4v) is 3.41. The van der Waals surface area contributed by atoms with Crippen molar-refractivity contribution in [3.05, 3.63) is 12.4 Å². The third-order valence-electron chi connectivity index (χ3n) is 4.22. The Morgan fingerprint density at radius 3 is 2.17 bits per heavy atom. The zero-order valence-electron chi connectivity index (χ0n) is 11.0. The van der Waals surface area contributed by atoms with E-state index in [1.165, 1.54) is 0 Å². The van der Waals surface area contributed by atoms with Gasteiger partial charge in [0.15, 0.2) is 0 Å². The third-order valence-corrected chi connectivity index (χ3v) is 4.22. The van der Waals surface area contributed by atoms with Crippen LogP contribution in [0.3, 0.4) is 0 Å². The lowest BCUT2D eigenvalue weighted by Crippen LogP contribution is -2.48. The normalized spacial score (nSPS) is 31.1. The maximum Gasteiger partial charge on any atom is 0.225 e. The first kappa shape index (κ1) is 11.7. The van der Waals surface area contributed by atoms with E-state index in [-0.39, 0.29) is 5.92 Å². The summed E-state index contributed by atoms with van der Waals surface area (Å²) in [6, 6.07) is 1.16. The van der Waals surface area contributed by atoms with Gasteiger partial charge in [0.1, 0.15) is 0 Å². The second kappa shape index (κ2) is 4.37. The monoisotopic (exact) mass is 248 g/mol. The molecule has 1 aromatic heterocycles. The highest BCUT2D eigenvalue weighted by molar-refractivity contribution is 5.79. The van der Waals surface area contributed by atoms with E-state index in [0.717, 1.165) is 25.7 Å². The Bertz CT molecular complexity index is 414. The number of carbonyl (C=O) groups is 1. The molecule has 18 heavy (non-hydrogen) atoms. The minimum absolute atomic E-state index is 0.104. The van der Waals surface area contributed by atoms with Gasteiger partial charge in [-0.05, 0) is 25.7 Å². The van der Waals surface area contributed by atoms with Crippen molar-refractivity contribution in [3.8, 4) is 0 Å². The molecule has 0 saturated carbocycles. The molecule has 0 aliphatic carbocycles. The molecule has 2 aliphatic heterocycles. The number of amides is 1. The molecule has 3 heterocycles. The highest BCUT2D eigenvalue weighted by Crippen LogP contribution is 2.40. The molecule has 2 saturated heterocycles. The van der Waals surface area contributed by atoms with Crippen molar-refractivity contribution in [2.24, 2.45) is 5.92 Å². The van der Waals surface area contributed by atoms with Gasteiger partial charge in [-0.15, -0.1) is 0 Å². The van der Waals surface area contributed by atoms with Gasteiger partial charge >= 0.3 is 0 Å². The Labute approximate surface area is 107 Å². The van der Waals surface area contributed by atoms with Crippen LogP contribution in [0.4, 0.5) is 0 Å². The minimum Gasteiger partial charge on any atom is -0.336 e. The fraction of sp³-hybridized carbons (Fsp3) is 0.769. The predicted octanol–water partition coefficient (Wildman–Crippen LogP) is 1.63. The largest absolute Gasteiger partial charge is 0.336 e. The number of nitrogens with zero attached hydrogens (tertiary/aromatic N) is 4. The van der Waals surface area contributed by atoms with Gasteiger partial charge in [0.2, 0.25) is 5.91 Å². The van der Waals surface area contributed by atoms with Gasteiger partial charge in [-0.2, -0.15) is 15.0 Å². The van der Waals surface area contributed by atoms with Crippen molar-refractivity contribution >= 4 is 5.91 Å². The van der Waals surface area contributed by atoms with E-state index >= 15 is 0 Å². The molecule has 2 bridgehead atoms. The summed E-state index contributed by atoms with van der Waals surface area (Å²) in [5.41, 5.74) is 0. The number of hydrogen-bond acceptors (Lipinski definition) is 3. The fourth-order valence-electron chi connectivity index (χ4n) is 3.41. The molecule has 0 radical (unpaired) electrons. The first-order valence-corrected chi connectivity index (χ1v) is 6.84. The molecule has 1 aromatic rings. The Balaban J connectivity index is 1.77. The molecule has 5 nitrogen and oxygen atoms in total. The number of hydrogen-bond donors (Lipinski definition) is 0. The van der Waals surface area contributed by atoms with E-state index in [4.69, 9.17) is 0 Å². The summed E-state index contributed by atoms with van der Waals surface area (Å²) in [6.07, 6.45) is 7.75. The zero-order valence-corrected chi connectivity index (χ0v) is 11.0. The molecule has 1 amide bonds. The first-order valence-electron chi connectivity index (χ1n) is 6.84. The summed E-state index contributed by atoms with van der Waals surface area (Å²) in [4.78, 5) is 16.2. The lowest BCUT2D eigenvalue weighted by molar-refractivity contribution is -0.139. The van der Waals surface area contributed by atoms with Crippen molar-refractivity contribution in [1.29, 1.82) is 0 Å². The number of fused-ring (bicyclic) bond motifs is 2. The molecular formula is C13H20N4O. The molecule has 98 valence electrons. The maximum atomic E-state index is 12.2. The summed E-state index contributed by atoms with van der Waals surface area (Å²) in [5.74, 6) is 0.418. The predicted molar refractivity (Wildman–Crippen MR) is 66.8 cm³/mol. The number of aromatic nitrogens is 3. The summed E-state index contributed by atoms with van der Waals surface area (Å²) in [6.45, 7) is 3.98. The van der Waals surface area contributed by atoms with Crippen LogP contribution in [0.25, 0.3) is 0 Å². The molecule has 2 unspecified atom stereocenters. The summed E-state index contributed by atoms with van der Waals surface area (Å²) in [5, 5.41) is 8.49. The summed E-state index contributed by atoms with van der Waals surface area (Å²) >= 11 is 0. The average Bonchev–Trinajstić information content (AvgIpc) is 2.95. The molecule has 0 spiro atoms. The molecular weight excluding hydrogens is 228 g/mol. The quantitative estimate of drug-likeness (QED) is 0.799. The average molecular weight is 248 g/mol. The molecule has 0 N–H and O–H groups in total. The van der Waals surface area contributed by atoms with Gasteiger partial charge in [0.05, 0.1) is 18.4 Å². The Kier molecular flexibility index (Phi) is 2.84. The highest BCUT2D eigenvalue weighted by Gasteiger charge is 2.44. The van der Waals surface area contributed by atoms with Crippen molar-refractivity contribution in [3.63, 3.8) is 0 Å². The smallest absolute Gasteiger partial charge is 0.225 e. The lowest BCUT2D eigenvalue weighted by atomic mass is 9.96. The van der Waals surface area contributed by atoms with E-state index in [1.54, 1.807) is 12.4 Å². The van der Waals surface area contributed by atoms with Crippen LogP contribution in [0.2, 0.25) is 0 Å². The first-order chi connectivity index (χ1) is 8.66. The van der Waals surface area contributed by atoms with Crippen LogP contribution >= 0.6 is 0 Å². The number of carbonyl (C=O) groups excluding carboxylic acids is 1. The van der Waals surface area contributed by atoms with Crippen molar-refractivity contribution in [1.82, 2.24) is 19.9 Å². The van der Waals surface area contributed by atoms with E-state index in [1.807, 2.05) is 18.6 Å². The van der Waals surface area contributed by atoms with Crippen LogP contribution in [0.1, 0.15) is 45.6 Å². The van der Waals surface area contributed by atoms with Crippen molar-refractivity contribution in [2.75, 3.05) is 0 Å². The van der Waals surface area contributed by atoms with Gasteiger partial charge < -0.3 is 4.90 Å². The highest BCUT2D eigenvalue weighted by atomic mass is 16.2. The second-order valence-corrected chi connectivity index (χ2v) is 5.76. The van der Waals surface area contributed by atoms with Crippen molar-refractivity contribution in [2.45, 2.75) is 57.7 Å². The Morgan fingerprint density at radius 2 is 1.67 bits per heavy atom. The van der Waals surface area contributed by atoms with Crippen LogP contribution < -0.4 is 0 Å². The van der Waals surface area contributed by atoms with Crippen LogP contribution in [0, 0.1) is 5.92 Å². The summed E-state index contributed by atoms with van der Waals surface area (Å²) in [7, 11) is 0.